The predicted octanol–water partition coefficient (Wildman–Crippen LogP) is 0.405. The molecule has 2 aromatic rings. The molecule has 2 N–H and O–H groups in total. The highest BCUT2D eigenvalue weighted by Crippen LogP contribution is 2.26. The van der Waals surface area contributed by atoms with Gasteiger partial charge < -0.3 is 10.0 Å². The first kappa shape index (κ1) is 16.9. The standard InChI is InChI=1S/C19H22N4O3/c24-17-6-5-16(20-21-17)18(25)23-10-8-19(26,13-23)12-22-9-7-14-3-1-2-4-15(14)11-22/h1-6,26H,7-13H2,(H,21,24). The molecule has 136 valence electrons. The number of H-pyrrole nitrogens is 1. The van der Waals surface area contributed by atoms with Gasteiger partial charge in [-0.05, 0) is 30.0 Å². The quantitative estimate of drug-likeness (QED) is 0.833. The molecule has 1 atom stereocenters. The molecule has 1 unspecified atom stereocenters. The lowest BCUT2D eigenvalue weighted by atomic mass is 9.97. The van der Waals surface area contributed by atoms with Crippen LogP contribution < -0.4 is 5.56 Å². The first-order chi connectivity index (χ1) is 12.5. The highest BCUT2D eigenvalue weighted by atomic mass is 16.3. The Balaban J connectivity index is 1.40. The molecule has 0 aliphatic carbocycles. The summed E-state index contributed by atoms with van der Waals surface area (Å²) in [5.41, 5.74) is 1.63. The van der Waals surface area contributed by atoms with Crippen LogP contribution in [-0.4, -0.2) is 62.8 Å². The highest BCUT2D eigenvalue weighted by Gasteiger charge is 2.40. The number of carbonyl (C=O) groups excluding carboxylic acids is 1. The summed E-state index contributed by atoms with van der Waals surface area (Å²) in [6.45, 7) is 3.05. The molecule has 7 nitrogen and oxygen atoms in total. The van der Waals surface area contributed by atoms with E-state index >= 15 is 0 Å². The van der Waals surface area contributed by atoms with E-state index in [4.69, 9.17) is 0 Å². The van der Waals surface area contributed by atoms with E-state index in [9.17, 15) is 14.7 Å². The van der Waals surface area contributed by atoms with Crippen LogP contribution in [-0.2, 0) is 13.0 Å². The fourth-order valence-corrected chi connectivity index (χ4v) is 3.89. The fourth-order valence-electron chi connectivity index (χ4n) is 3.89. The molecule has 4 rings (SSSR count). The van der Waals surface area contributed by atoms with Crippen LogP contribution >= 0.6 is 0 Å². The molecule has 0 spiro atoms. The van der Waals surface area contributed by atoms with Crippen LogP contribution in [0.1, 0.15) is 28.0 Å². The number of fused-ring (bicyclic) bond motifs is 1. The number of nitrogens with one attached hydrogen (secondary N) is 1. The number of benzene rings is 1. The largest absolute Gasteiger partial charge is 0.387 e. The van der Waals surface area contributed by atoms with Crippen molar-refractivity contribution < 1.29 is 9.90 Å². The number of rotatable bonds is 3. The van der Waals surface area contributed by atoms with Crippen LogP contribution in [0.3, 0.4) is 0 Å². The number of aromatic nitrogens is 2. The van der Waals surface area contributed by atoms with E-state index in [0.29, 0.717) is 19.5 Å². The third-order valence-electron chi connectivity index (χ3n) is 5.25. The first-order valence-electron chi connectivity index (χ1n) is 8.89. The van der Waals surface area contributed by atoms with Gasteiger partial charge in [0.05, 0.1) is 12.1 Å². The molecule has 0 bridgehead atoms. The molecule has 1 amide bonds. The van der Waals surface area contributed by atoms with Gasteiger partial charge in [0.2, 0.25) is 0 Å². The second-order valence-corrected chi connectivity index (χ2v) is 7.24. The van der Waals surface area contributed by atoms with E-state index in [0.717, 1.165) is 19.5 Å². The SMILES string of the molecule is O=C(c1ccc(=O)[nH]n1)N1CCC(O)(CN2CCc3ccccc3C2)C1. The van der Waals surface area contributed by atoms with Crippen molar-refractivity contribution in [1.29, 1.82) is 0 Å². The summed E-state index contributed by atoms with van der Waals surface area (Å²) < 4.78 is 0. The van der Waals surface area contributed by atoms with Gasteiger partial charge in [-0.3, -0.25) is 14.5 Å². The number of hydrogen-bond donors (Lipinski definition) is 2. The zero-order valence-electron chi connectivity index (χ0n) is 14.5. The number of hydrogen-bond acceptors (Lipinski definition) is 5. The van der Waals surface area contributed by atoms with Crippen molar-refractivity contribution in [1.82, 2.24) is 20.0 Å². The van der Waals surface area contributed by atoms with Gasteiger partial charge in [0.15, 0.2) is 0 Å². The molecule has 2 aliphatic heterocycles. The van der Waals surface area contributed by atoms with Gasteiger partial charge in [-0.15, -0.1) is 0 Å². The van der Waals surface area contributed by atoms with Crippen LogP contribution in [0, 0.1) is 0 Å². The number of nitrogens with zero attached hydrogens (tertiary/aromatic N) is 3. The summed E-state index contributed by atoms with van der Waals surface area (Å²) in [5, 5.41) is 17.1. The minimum Gasteiger partial charge on any atom is -0.387 e. The lowest BCUT2D eigenvalue weighted by molar-refractivity contribution is 0.00798. The monoisotopic (exact) mass is 354 g/mol. The lowest BCUT2D eigenvalue weighted by Crippen LogP contribution is -2.47. The van der Waals surface area contributed by atoms with Crippen LogP contribution in [0.25, 0.3) is 0 Å². The van der Waals surface area contributed by atoms with Gasteiger partial charge in [-0.2, -0.15) is 5.10 Å². The smallest absolute Gasteiger partial charge is 0.274 e. The fraction of sp³-hybridized carbons (Fsp3) is 0.421. The maximum absolute atomic E-state index is 12.5. The number of likely N-dealkylation sites (tertiary alicyclic amines) is 1. The molecule has 2 aliphatic rings. The molecule has 26 heavy (non-hydrogen) atoms. The van der Waals surface area contributed by atoms with E-state index in [1.54, 1.807) is 4.90 Å². The van der Waals surface area contributed by atoms with Crippen molar-refractivity contribution in [3.05, 3.63) is 63.6 Å². The Bertz CT molecular complexity index is 861. The molecule has 3 heterocycles. The van der Waals surface area contributed by atoms with Gasteiger partial charge in [-0.25, -0.2) is 5.10 Å². The van der Waals surface area contributed by atoms with Crippen molar-refractivity contribution in [3.63, 3.8) is 0 Å². The maximum Gasteiger partial charge on any atom is 0.274 e. The predicted molar refractivity (Wildman–Crippen MR) is 95.8 cm³/mol. The van der Waals surface area contributed by atoms with Crippen molar-refractivity contribution >= 4 is 5.91 Å². The van der Waals surface area contributed by atoms with Crippen molar-refractivity contribution in [3.8, 4) is 0 Å². The van der Waals surface area contributed by atoms with E-state index in [1.807, 2.05) is 6.07 Å². The zero-order valence-corrected chi connectivity index (χ0v) is 14.5. The Morgan fingerprint density at radius 2 is 2.00 bits per heavy atom. The summed E-state index contributed by atoms with van der Waals surface area (Å²) in [4.78, 5) is 27.5. The number of aromatic amines is 1. The maximum atomic E-state index is 12.5. The van der Waals surface area contributed by atoms with Gasteiger partial charge in [-0.1, -0.05) is 24.3 Å². The Kier molecular flexibility index (Phi) is 4.34. The van der Waals surface area contributed by atoms with Crippen LogP contribution in [0.2, 0.25) is 0 Å². The number of aliphatic hydroxyl groups is 1. The van der Waals surface area contributed by atoms with Crippen LogP contribution in [0.5, 0.6) is 0 Å². The third kappa shape index (κ3) is 3.40. The molecule has 1 saturated heterocycles. The molecule has 1 aromatic heterocycles. The second-order valence-electron chi connectivity index (χ2n) is 7.24. The average molecular weight is 354 g/mol. The molecular weight excluding hydrogens is 332 g/mol. The Morgan fingerprint density at radius 1 is 1.19 bits per heavy atom. The van der Waals surface area contributed by atoms with Gasteiger partial charge in [0, 0.05) is 32.2 Å². The molecule has 1 aromatic carbocycles. The second kappa shape index (κ2) is 6.66. The number of amides is 1. The third-order valence-corrected chi connectivity index (χ3v) is 5.25. The average Bonchev–Trinajstić information content (AvgIpc) is 3.03. The van der Waals surface area contributed by atoms with E-state index in [1.165, 1.54) is 23.3 Å². The summed E-state index contributed by atoms with van der Waals surface area (Å²) >= 11 is 0. The Morgan fingerprint density at radius 3 is 2.77 bits per heavy atom. The molecular formula is C19H22N4O3. The number of carbonyl (C=O) groups is 1. The van der Waals surface area contributed by atoms with E-state index < -0.39 is 5.60 Å². The molecule has 7 heteroatoms. The molecule has 0 radical (unpaired) electrons. The first-order valence-corrected chi connectivity index (χ1v) is 8.89. The van der Waals surface area contributed by atoms with Crippen molar-refractivity contribution in [2.24, 2.45) is 0 Å². The summed E-state index contributed by atoms with van der Waals surface area (Å²) in [5.74, 6) is -0.263. The van der Waals surface area contributed by atoms with Gasteiger partial charge in [0.25, 0.3) is 11.5 Å². The van der Waals surface area contributed by atoms with Gasteiger partial charge in [0.1, 0.15) is 5.69 Å². The van der Waals surface area contributed by atoms with Gasteiger partial charge >= 0.3 is 0 Å². The molecule has 1 fully saturated rings. The zero-order chi connectivity index (χ0) is 18.1. The van der Waals surface area contributed by atoms with E-state index in [-0.39, 0.29) is 23.7 Å². The summed E-state index contributed by atoms with van der Waals surface area (Å²) in [7, 11) is 0. The minimum absolute atomic E-state index is 0.195. The topological polar surface area (TPSA) is 89.5 Å². The van der Waals surface area contributed by atoms with Crippen LogP contribution in [0.4, 0.5) is 0 Å². The Labute approximate surface area is 151 Å². The normalized spacial score (nSPS) is 23.0. The highest BCUT2D eigenvalue weighted by molar-refractivity contribution is 5.92. The lowest BCUT2D eigenvalue weighted by Gasteiger charge is -2.34. The Hall–Kier alpha value is -2.51. The molecule has 0 saturated carbocycles. The summed E-state index contributed by atoms with van der Waals surface area (Å²) in [6.07, 6.45) is 1.52. The van der Waals surface area contributed by atoms with Crippen molar-refractivity contribution in [2.75, 3.05) is 26.2 Å². The van der Waals surface area contributed by atoms with Crippen LogP contribution in [0.15, 0.2) is 41.2 Å². The minimum atomic E-state index is -0.913. The number of β-amino-alcohol motifs (C(OH)–C–C–N with tert-alkyl or cyclic N) is 1. The summed E-state index contributed by atoms with van der Waals surface area (Å²) in [6, 6.07) is 11.1. The van der Waals surface area contributed by atoms with E-state index in [2.05, 4.69) is 33.3 Å². The van der Waals surface area contributed by atoms with Crippen molar-refractivity contribution in [2.45, 2.75) is 25.0 Å².